The number of rotatable bonds is 6. The van der Waals surface area contributed by atoms with Crippen LogP contribution in [0.3, 0.4) is 0 Å². The number of hydrogen-bond acceptors (Lipinski definition) is 3. The largest absolute Gasteiger partial charge is 0.368 e. The Bertz CT molecular complexity index is 999. The number of carbonyl (C=O) groups excluding carboxylic acids is 1. The summed E-state index contributed by atoms with van der Waals surface area (Å²) in [5.74, 6) is 0.0451. The normalized spacial score (nSPS) is 14.5. The molecule has 160 valence electrons. The van der Waals surface area contributed by atoms with Crippen LogP contribution in [-0.4, -0.2) is 48.9 Å². The van der Waals surface area contributed by atoms with Gasteiger partial charge in [0, 0.05) is 51.9 Å². The van der Waals surface area contributed by atoms with Crippen LogP contribution in [0.25, 0.3) is 0 Å². The number of piperazine rings is 1. The Balaban J connectivity index is 1.30. The van der Waals surface area contributed by atoms with Crippen LogP contribution in [0.1, 0.15) is 21.5 Å². The summed E-state index contributed by atoms with van der Waals surface area (Å²) in [6.45, 7) is 5.41. The number of anilines is 1. The van der Waals surface area contributed by atoms with E-state index >= 15 is 0 Å². The third kappa shape index (κ3) is 5.46. The molecule has 0 radical (unpaired) electrons. The minimum absolute atomic E-state index is 0.0451. The highest BCUT2D eigenvalue weighted by Gasteiger charge is 2.19. The Kier molecular flexibility index (Phi) is 6.90. The molecular formula is C26H28ClN3O. The second kappa shape index (κ2) is 9.99. The minimum Gasteiger partial charge on any atom is -0.368 e. The SMILES string of the molecule is CN(Cc1ccccc1)C(=O)c1ccc(CN2CCN(c3ccccc3Cl)CC2)cc1. The first-order chi connectivity index (χ1) is 15.1. The molecule has 4 nitrogen and oxygen atoms in total. The van der Waals surface area contributed by atoms with Crippen LogP contribution in [0.4, 0.5) is 5.69 Å². The van der Waals surface area contributed by atoms with Crippen molar-refractivity contribution in [2.24, 2.45) is 0 Å². The van der Waals surface area contributed by atoms with Gasteiger partial charge >= 0.3 is 0 Å². The third-order valence-electron chi connectivity index (χ3n) is 5.78. The number of amides is 1. The molecule has 0 unspecified atom stereocenters. The Labute approximate surface area is 189 Å². The molecule has 1 saturated heterocycles. The first-order valence-electron chi connectivity index (χ1n) is 10.7. The monoisotopic (exact) mass is 433 g/mol. The quantitative estimate of drug-likeness (QED) is 0.551. The van der Waals surface area contributed by atoms with Crippen LogP contribution in [0.15, 0.2) is 78.9 Å². The second-order valence-corrected chi connectivity index (χ2v) is 8.47. The van der Waals surface area contributed by atoms with E-state index in [-0.39, 0.29) is 5.91 Å². The van der Waals surface area contributed by atoms with Crippen molar-refractivity contribution < 1.29 is 4.79 Å². The van der Waals surface area contributed by atoms with Crippen LogP contribution in [0.5, 0.6) is 0 Å². The molecule has 0 aromatic heterocycles. The summed E-state index contributed by atoms with van der Waals surface area (Å²) in [6, 6.07) is 26.1. The van der Waals surface area contributed by atoms with Gasteiger partial charge in [-0.05, 0) is 35.4 Å². The summed E-state index contributed by atoms with van der Waals surface area (Å²) < 4.78 is 0. The van der Waals surface area contributed by atoms with Gasteiger partial charge in [-0.3, -0.25) is 9.69 Å². The fourth-order valence-electron chi connectivity index (χ4n) is 4.02. The summed E-state index contributed by atoms with van der Waals surface area (Å²) >= 11 is 6.35. The van der Waals surface area contributed by atoms with Crippen molar-refractivity contribution >= 4 is 23.2 Å². The van der Waals surface area contributed by atoms with Crippen molar-refractivity contribution in [3.63, 3.8) is 0 Å². The minimum atomic E-state index is 0.0451. The molecule has 4 rings (SSSR count). The first-order valence-corrected chi connectivity index (χ1v) is 11.1. The molecule has 0 N–H and O–H groups in total. The molecule has 3 aromatic rings. The van der Waals surface area contributed by atoms with Gasteiger partial charge in [0.05, 0.1) is 10.7 Å². The molecular weight excluding hydrogens is 406 g/mol. The van der Waals surface area contributed by atoms with Gasteiger partial charge in [-0.1, -0.05) is 66.2 Å². The lowest BCUT2D eigenvalue weighted by Gasteiger charge is -2.36. The van der Waals surface area contributed by atoms with Crippen molar-refractivity contribution in [2.75, 3.05) is 38.1 Å². The fourth-order valence-corrected chi connectivity index (χ4v) is 4.27. The topological polar surface area (TPSA) is 26.8 Å². The van der Waals surface area contributed by atoms with Gasteiger partial charge < -0.3 is 9.80 Å². The average molecular weight is 434 g/mol. The standard InChI is InChI=1S/C26H28ClN3O/c1-28(19-21-7-3-2-4-8-21)26(31)23-13-11-22(12-14-23)20-29-15-17-30(18-16-29)25-10-6-5-9-24(25)27/h2-14H,15-20H2,1H3. The van der Waals surface area contributed by atoms with Crippen molar-refractivity contribution in [3.05, 3.63) is 101 Å². The van der Waals surface area contributed by atoms with E-state index in [4.69, 9.17) is 11.6 Å². The predicted molar refractivity (Wildman–Crippen MR) is 128 cm³/mol. The van der Waals surface area contributed by atoms with Gasteiger partial charge in [0.1, 0.15) is 0 Å². The van der Waals surface area contributed by atoms with Gasteiger partial charge in [0.25, 0.3) is 5.91 Å². The first kappa shape index (κ1) is 21.4. The second-order valence-electron chi connectivity index (χ2n) is 8.06. The Morgan fingerprint density at radius 2 is 1.48 bits per heavy atom. The van der Waals surface area contributed by atoms with Crippen LogP contribution in [0.2, 0.25) is 5.02 Å². The number of para-hydroxylation sites is 1. The number of carbonyl (C=O) groups is 1. The van der Waals surface area contributed by atoms with Gasteiger partial charge in [0.15, 0.2) is 0 Å². The summed E-state index contributed by atoms with van der Waals surface area (Å²) in [4.78, 5) is 19.3. The molecule has 1 aliphatic heterocycles. The van der Waals surface area contributed by atoms with E-state index in [0.717, 1.165) is 54.6 Å². The van der Waals surface area contributed by atoms with E-state index < -0.39 is 0 Å². The number of hydrogen-bond donors (Lipinski definition) is 0. The van der Waals surface area contributed by atoms with E-state index in [1.54, 1.807) is 4.90 Å². The van der Waals surface area contributed by atoms with Crippen LogP contribution in [-0.2, 0) is 13.1 Å². The predicted octanol–water partition coefficient (Wildman–Crippen LogP) is 4.93. The molecule has 3 aromatic carbocycles. The van der Waals surface area contributed by atoms with E-state index in [1.807, 2.05) is 67.7 Å². The average Bonchev–Trinajstić information content (AvgIpc) is 2.81. The number of halogens is 1. The van der Waals surface area contributed by atoms with Crippen LogP contribution >= 0.6 is 11.6 Å². The maximum atomic E-state index is 12.7. The zero-order chi connectivity index (χ0) is 21.6. The van der Waals surface area contributed by atoms with Crippen molar-refractivity contribution in [1.82, 2.24) is 9.80 Å². The molecule has 0 aliphatic carbocycles. The molecule has 5 heteroatoms. The van der Waals surface area contributed by atoms with Crippen molar-refractivity contribution in [3.8, 4) is 0 Å². The smallest absolute Gasteiger partial charge is 0.253 e. The Morgan fingerprint density at radius 3 is 2.16 bits per heavy atom. The Morgan fingerprint density at radius 1 is 0.839 bits per heavy atom. The van der Waals surface area contributed by atoms with Crippen LogP contribution in [0, 0.1) is 0 Å². The van der Waals surface area contributed by atoms with Crippen molar-refractivity contribution in [2.45, 2.75) is 13.1 Å². The molecule has 0 bridgehead atoms. The van der Waals surface area contributed by atoms with Crippen molar-refractivity contribution in [1.29, 1.82) is 0 Å². The summed E-state index contributed by atoms with van der Waals surface area (Å²) in [7, 11) is 1.85. The highest BCUT2D eigenvalue weighted by Crippen LogP contribution is 2.26. The highest BCUT2D eigenvalue weighted by molar-refractivity contribution is 6.33. The van der Waals surface area contributed by atoms with Gasteiger partial charge in [-0.2, -0.15) is 0 Å². The van der Waals surface area contributed by atoms with Gasteiger partial charge in [-0.15, -0.1) is 0 Å². The zero-order valence-electron chi connectivity index (χ0n) is 17.9. The Hall–Kier alpha value is -2.82. The highest BCUT2D eigenvalue weighted by atomic mass is 35.5. The van der Waals surface area contributed by atoms with E-state index in [0.29, 0.717) is 6.54 Å². The molecule has 1 heterocycles. The summed E-state index contributed by atoms with van der Waals surface area (Å²) in [5, 5.41) is 0.813. The molecule has 0 saturated carbocycles. The summed E-state index contributed by atoms with van der Waals surface area (Å²) in [6.07, 6.45) is 0. The lowest BCUT2D eigenvalue weighted by molar-refractivity contribution is 0.0785. The maximum Gasteiger partial charge on any atom is 0.253 e. The molecule has 1 aliphatic rings. The van der Waals surface area contributed by atoms with E-state index in [9.17, 15) is 4.79 Å². The maximum absolute atomic E-state index is 12.7. The lowest BCUT2D eigenvalue weighted by Crippen LogP contribution is -2.46. The molecule has 1 amide bonds. The third-order valence-corrected chi connectivity index (χ3v) is 6.10. The lowest BCUT2D eigenvalue weighted by atomic mass is 10.1. The summed E-state index contributed by atoms with van der Waals surface area (Å²) in [5.41, 5.74) is 4.20. The van der Waals surface area contributed by atoms with Gasteiger partial charge in [-0.25, -0.2) is 0 Å². The molecule has 1 fully saturated rings. The van der Waals surface area contributed by atoms with Gasteiger partial charge in [0.2, 0.25) is 0 Å². The van der Waals surface area contributed by atoms with E-state index in [2.05, 4.69) is 28.0 Å². The molecule has 0 spiro atoms. The van der Waals surface area contributed by atoms with Crippen LogP contribution < -0.4 is 4.90 Å². The number of nitrogens with zero attached hydrogens (tertiary/aromatic N) is 3. The zero-order valence-corrected chi connectivity index (χ0v) is 18.6. The fraction of sp³-hybridized carbons (Fsp3) is 0.269. The van der Waals surface area contributed by atoms with E-state index in [1.165, 1.54) is 5.56 Å². The molecule has 31 heavy (non-hydrogen) atoms. The molecule has 0 atom stereocenters. The number of benzene rings is 3.